The van der Waals surface area contributed by atoms with Crippen molar-refractivity contribution >= 4 is 12.1 Å². The summed E-state index contributed by atoms with van der Waals surface area (Å²) in [6.45, 7) is 16.4. The van der Waals surface area contributed by atoms with Gasteiger partial charge in [-0.25, -0.2) is 4.79 Å². The molecule has 7 fully saturated rings. The molecule has 2 spiro atoms. The number of hydrogen-bond acceptors (Lipinski definition) is 7. The van der Waals surface area contributed by atoms with Crippen LogP contribution in [0.15, 0.2) is 0 Å². The standard InChI is InChI=1S/C38H62N2O6/c1-22(24-13-18-39-19-14-24)40-33(42)46-31-12-15-38-21-37(38)17-16-36(7)26-8-10-28(32(35(5,6)43)44-23(2)41)45-29(26)20-27(36)25(37)9-11-30(38)34(31,3)4/h22,24-32,39,43H,8-21H2,1-7H3,(H,40,42)/t22?,25?,26?,27?,28?,29?,30?,31-,32-,36?,37-,38?/m0/s1. The second-order valence-electron chi connectivity index (χ2n) is 18.4. The largest absolute Gasteiger partial charge is 0.457 e. The molecule has 12 atom stereocenters. The number of alkyl carbamates (subject to hydrolysis) is 1. The molecular weight excluding hydrogens is 580 g/mol. The SMILES string of the molecule is CC(=O)O[C@@H](C1CCC2C(CC3C4CCC5C(C)(C)[C@@H](OC(=O)NC(C)C6CCNCC6)CCC56C[C@@]46CCC23C)O1)C(C)(C)O. The van der Waals surface area contributed by atoms with Gasteiger partial charge in [0.15, 0.2) is 6.10 Å². The Morgan fingerprint density at radius 3 is 2.35 bits per heavy atom. The predicted molar refractivity (Wildman–Crippen MR) is 176 cm³/mol. The Hall–Kier alpha value is -1.38. The number of amides is 1. The fourth-order valence-electron chi connectivity index (χ4n) is 13.3. The normalized spacial score (nSPS) is 45.9. The number of piperidine rings is 1. The van der Waals surface area contributed by atoms with E-state index < -0.39 is 11.7 Å². The van der Waals surface area contributed by atoms with E-state index in [-0.39, 0.29) is 47.2 Å². The molecule has 0 aromatic heterocycles. The van der Waals surface area contributed by atoms with Crippen molar-refractivity contribution in [3.63, 3.8) is 0 Å². The lowest BCUT2D eigenvalue weighted by Crippen LogP contribution is -2.56. The number of ether oxygens (including phenoxy) is 3. The predicted octanol–water partition coefficient (Wildman–Crippen LogP) is 6.38. The molecule has 1 amide bonds. The summed E-state index contributed by atoms with van der Waals surface area (Å²) in [5, 5.41) is 17.5. The van der Waals surface area contributed by atoms with Gasteiger partial charge in [0.1, 0.15) is 6.10 Å². The van der Waals surface area contributed by atoms with E-state index in [9.17, 15) is 14.7 Å². The smallest absolute Gasteiger partial charge is 0.407 e. The highest BCUT2D eigenvalue weighted by Gasteiger charge is 2.81. The summed E-state index contributed by atoms with van der Waals surface area (Å²) >= 11 is 0. The highest BCUT2D eigenvalue weighted by molar-refractivity contribution is 5.68. The average molecular weight is 643 g/mol. The third kappa shape index (κ3) is 5.07. The topological polar surface area (TPSA) is 106 Å². The molecule has 8 heteroatoms. The number of aliphatic hydroxyl groups is 1. The van der Waals surface area contributed by atoms with Crippen LogP contribution in [0.1, 0.15) is 126 Å². The van der Waals surface area contributed by atoms with E-state index in [1.807, 2.05) is 0 Å². The lowest BCUT2D eigenvalue weighted by atomic mass is 9.46. The second kappa shape index (κ2) is 11.3. The molecule has 5 saturated carbocycles. The first-order valence-corrected chi connectivity index (χ1v) is 18.9. The summed E-state index contributed by atoms with van der Waals surface area (Å²) in [7, 11) is 0. The highest BCUT2D eigenvalue weighted by atomic mass is 16.6. The van der Waals surface area contributed by atoms with E-state index in [2.05, 4.69) is 38.3 Å². The van der Waals surface area contributed by atoms with Crippen LogP contribution in [-0.2, 0) is 19.0 Å². The molecule has 3 N–H and O–H groups in total. The molecule has 0 aromatic rings. The summed E-state index contributed by atoms with van der Waals surface area (Å²) in [5.74, 6) is 2.67. The van der Waals surface area contributed by atoms with Crippen molar-refractivity contribution in [1.82, 2.24) is 10.6 Å². The van der Waals surface area contributed by atoms with E-state index in [1.54, 1.807) is 13.8 Å². The first-order chi connectivity index (χ1) is 21.6. The van der Waals surface area contributed by atoms with Crippen molar-refractivity contribution in [1.29, 1.82) is 0 Å². The number of hydrogen-bond donors (Lipinski definition) is 3. The van der Waals surface area contributed by atoms with E-state index in [0.717, 1.165) is 57.5 Å². The van der Waals surface area contributed by atoms with Gasteiger partial charge in [-0.05, 0) is 157 Å². The Balaban J connectivity index is 1.03. The van der Waals surface area contributed by atoms with Crippen LogP contribution >= 0.6 is 0 Å². The summed E-state index contributed by atoms with van der Waals surface area (Å²) in [6, 6.07) is 0.142. The van der Waals surface area contributed by atoms with Gasteiger partial charge in [0.25, 0.3) is 0 Å². The Labute approximate surface area is 277 Å². The van der Waals surface area contributed by atoms with Crippen LogP contribution in [0.4, 0.5) is 4.79 Å². The number of rotatable bonds is 6. The van der Waals surface area contributed by atoms with E-state index in [4.69, 9.17) is 14.2 Å². The number of carbonyl (C=O) groups excluding carboxylic acids is 2. The number of fused-ring (bicyclic) bond motifs is 4. The van der Waals surface area contributed by atoms with Gasteiger partial charge in [-0.3, -0.25) is 4.79 Å². The number of carbonyl (C=O) groups is 2. The number of esters is 1. The number of nitrogens with one attached hydrogen (secondary N) is 2. The van der Waals surface area contributed by atoms with Crippen LogP contribution in [0.3, 0.4) is 0 Å². The maximum absolute atomic E-state index is 13.2. The van der Waals surface area contributed by atoms with Crippen molar-refractivity contribution in [3.8, 4) is 0 Å². The summed E-state index contributed by atoms with van der Waals surface area (Å²) in [4.78, 5) is 25.1. The average Bonchev–Trinajstić information content (AvgIpc) is 3.57. The Morgan fingerprint density at radius 2 is 1.65 bits per heavy atom. The Kier molecular flexibility index (Phi) is 8.16. The first kappa shape index (κ1) is 33.1. The van der Waals surface area contributed by atoms with Gasteiger partial charge in [0.2, 0.25) is 0 Å². The fraction of sp³-hybridized carbons (Fsp3) is 0.947. The summed E-state index contributed by atoms with van der Waals surface area (Å²) in [5.41, 5.74) is -0.0898. The molecule has 0 bridgehead atoms. The van der Waals surface area contributed by atoms with Gasteiger partial charge in [-0.15, -0.1) is 0 Å². The lowest BCUT2D eigenvalue weighted by molar-refractivity contribution is -0.200. The van der Waals surface area contributed by atoms with Gasteiger partial charge in [0, 0.05) is 18.4 Å². The minimum absolute atomic E-state index is 0.0352. The summed E-state index contributed by atoms with van der Waals surface area (Å²) < 4.78 is 18.8. The zero-order valence-corrected chi connectivity index (χ0v) is 29.7. The van der Waals surface area contributed by atoms with Gasteiger partial charge < -0.3 is 30.0 Å². The highest BCUT2D eigenvalue weighted by Crippen LogP contribution is 2.87. The van der Waals surface area contributed by atoms with Gasteiger partial charge in [0.05, 0.1) is 17.8 Å². The molecule has 46 heavy (non-hydrogen) atoms. The van der Waals surface area contributed by atoms with Crippen molar-refractivity contribution in [3.05, 3.63) is 0 Å². The molecule has 0 radical (unpaired) electrons. The molecule has 5 aliphatic carbocycles. The zero-order chi connectivity index (χ0) is 32.9. The molecular formula is C38H62N2O6. The zero-order valence-electron chi connectivity index (χ0n) is 29.7. The van der Waals surface area contributed by atoms with Crippen molar-refractivity contribution in [2.45, 2.75) is 162 Å². The van der Waals surface area contributed by atoms with E-state index in [0.29, 0.717) is 34.5 Å². The van der Waals surface area contributed by atoms with E-state index >= 15 is 0 Å². The van der Waals surface area contributed by atoms with Crippen LogP contribution in [0.5, 0.6) is 0 Å². The van der Waals surface area contributed by atoms with Crippen LogP contribution < -0.4 is 10.6 Å². The molecule has 9 unspecified atom stereocenters. The molecule has 2 aliphatic heterocycles. The Bertz CT molecular complexity index is 1190. The van der Waals surface area contributed by atoms with E-state index in [1.165, 1.54) is 45.4 Å². The van der Waals surface area contributed by atoms with Crippen LogP contribution in [0.25, 0.3) is 0 Å². The van der Waals surface area contributed by atoms with Crippen LogP contribution in [-0.4, -0.2) is 66.3 Å². The van der Waals surface area contributed by atoms with Crippen LogP contribution in [0, 0.1) is 51.2 Å². The lowest BCUT2D eigenvalue weighted by Gasteiger charge is -2.59. The third-order valence-corrected chi connectivity index (χ3v) is 15.6. The maximum atomic E-state index is 13.2. The maximum Gasteiger partial charge on any atom is 0.407 e. The molecule has 0 aromatic carbocycles. The van der Waals surface area contributed by atoms with Crippen LogP contribution in [0.2, 0.25) is 0 Å². The third-order valence-electron chi connectivity index (χ3n) is 15.6. The van der Waals surface area contributed by atoms with Gasteiger partial charge in [-0.2, -0.15) is 0 Å². The fourth-order valence-corrected chi connectivity index (χ4v) is 13.3. The van der Waals surface area contributed by atoms with Gasteiger partial charge >= 0.3 is 12.1 Å². The molecule has 2 heterocycles. The summed E-state index contributed by atoms with van der Waals surface area (Å²) in [6.07, 6.45) is 12.8. The van der Waals surface area contributed by atoms with Crippen molar-refractivity contribution in [2.24, 2.45) is 51.2 Å². The first-order valence-electron chi connectivity index (χ1n) is 18.9. The quantitative estimate of drug-likeness (QED) is 0.289. The molecule has 260 valence electrons. The van der Waals surface area contributed by atoms with Crippen molar-refractivity contribution < 1.29 is 28.9 Å². The molecule has 7 aliphatic rings. The minimum Gasteiger partial charge on any atom is -0.457 e. The second-order valence-corrected chi connectivity index (χ2v) is 18.4. The Morgan fingerprint density at radius 1 is 0.935 bits per heavy atom. The molecule has 8 nitrogen and oxygen atoms in total. The van der Waals surface area contributed by atoms with Crippen molar-refractivity contribution in [2.75, 3.05) is 13.1 Å². The molecule has 2 saturated heterocycles. The molecule has 7 rings (SSSR count). The van der Waals surface area contributed by atoms with Gasteiger partial charge in [-0.1, -0.05) is 20.8 Å². The monoisotopic (exact) mass is 642 g/mol. The minimum atomic E-state index is -1.15.